The normalized spacial score (nSPS) is 20.6. The zero-order valence-corrected chi connectivity index (χ0v) is 16.7. The smallest absolute Gasteiger partial charge is 0.357 e. The molecule has 158 valence electrons. The van der Waals surface area contributed by atoms with Gasteiger partial charge >= 0.3 is 6.18 Å². The van der Waals surface area contributed by atoms with E-state index in [9.17, 15) is 13.2 Å². The van der Waals surface area contributed by atoms with Gasteiger partial charge in [0.25, 0.3) is 0 Å². The maximum Gasteiger partial charge on any atom is 0.403 e. The topological polar surface area (TPSA) is 61.6 Å². The average Bonchev–Trinajstić information content (AvgIpc) is 2.90. The number of nitrogens with one attached hydrogen (secondary N) is 1. The molecule has 1 aromatic rings. The van der Waals surface area contributed by atoms with E-state index in [-0.39, 0.29) is 0 Å². The van der Waals surface area contributed by atoms with E-state index < -0.39 is 12.2 Å². The Morgan fingerprint density at radius 2 is 1.86 bits per heavy atom. The minimum atomic E-state index is -4.19. The van der Waals surface area contributed by atoms with Crippen LogP contribution in [0.5, 0.6) is 0 Å². The number of piperazine rings is 1. The highest BCUT2D eigenvalue weighted by Crippen LogP contribution is 2.25. The van der Waals surface area contributed by atoms with Crippen LogP contribution in [0.4, 0.5) is 13.2 Å². The quantitative estimate of drug-likeness (QED) is 0.618. The molecule has 0 bridgehead atoms. The van der Waals surface area contributed by atoms with E-state index in [1.807, 2.05) is 11.8 Å². The first kappa shape index (κ1) is 20.9. The summed E-state index contributed by atoms with van der Waals surface area (Å²) in [5, 5.41) is 11.9. The van der Waals surface area contributed by atoms with Crippen molar-refractivity contribution in [3.05, 3.63) is 11.6 Å². The molecule has 1 aromatic heterocycles. The number of halogens is 3. The van der Waals surface area contributed by atoms with Crippen molar-refractivity contribution in [3.8, 4) is 0 Å². The van der Waals surface area contributed by atoms with E-state index in [1.54, 1.807) is 0 Å². The fourth-order valence-electron chi connectivity index (χ4n) is 3.76. The van der Waals surface area contributed by atoms with Crippen LogP contribution < -0.4 is 5.32 Å². The second kappa shape index (κ2) is 9.11. The molecule has 1 N–H and O–H groups in total. The Kier molecular flexibility index (Phi) is 6.79. The molecule has 0 amide bonds. The number of guanidine groups is 1. The molecular formula is C18H30F3N7. The molecule has 10 heteroatoms. The number of hydrogen-bond acceptors (Lipinski definition) is 4. The number of hydrogen-bond donors (Lipinski definition) is 1. The fourth-order valence-corrected chi connectivity index (χ4v) is 3.76. The number of nitrogens with zero attached hydrogens (tertiary/aromatic N) is 6. The zero-order valence-electron chi connectivity index (χ0n) is 16.7. The lowest BCUT2D eigenvalue weighted by Gasteiger charge is -2.39. The van der Waals surface area contributed by atoms with E-state index in [4.69, 9.17) is 4.99 Å². The molecule has 2 aliphatic rings. The van der Waals surface area contributed by atoms with E-state index in [0.29, 0.717) is 39.3 Å². The molecule has 1 saturated heterocycles. The molecule has 3 rings (SSSR count). The lowest BCUT2D eigenvalue weighted by atomic mass is 10.2. The van der Waals surface area contributed by atoms with Crippen molar-refractivity contribution in [2.75, 3.05) is 32.7 Å². The van der Waals surface area contributed by atoms with Gasteiger partial charge < -0.3 is 14.8 Å². The first-order chi connectivity index (χ1) is 13.4. The molecule has 7 nitrogen and oxygen atoms in total. The molecule has 0 aromatic carbocycles. The summed E-state index contributed by atoms with van der Waals surface area (Å²) in [5.41, 5.74) is 0. The van der Waals surface area contributed by atoms with Crippen molar-refractivity contribution in [1.82, 2.24) is 29.9 Å². The van der Waals surface area contributed by atoms with Gasteiger partial charge in [0.05, 0.1) is 0 Å². The summed E-state index contributed by atoms with van der Waals surface area (Å²) in [6, 6.07) is -1.42. The van der Waals surface area contributed by atoms with Crippen molar-refractivity contribution in [2.45, 2.75) is 64.8 Å². The third kappa shape index (κ3) is 4.95. The van der Waals surface area contributed by atoms with Gasteiger partial charge in [0.15, 0.2) is 11.8 Å². The van der Waals surface area contributed by atoms with Crippen LogP contribution in [0, 0.1) is 0 Å². The molecule has 0 spiro atoms. The largest absolute Gasteiger partial charge is 0.403 e. The number of aliphatic imine (C=N–C) groups is 1. The van der Waals surface area contributed by atoms with E-state index in [1.165, 1.54) is 18.2 Å². The van der Waals surface area contributed by atoms with Crippen molar-refractivity contribution in [3.63, 3.8) is 0 Å². The van der Waals surface area contributed by atoms with E-state index in [2.05, 4.69) is 20.1 Å². The summed E-state index contributed by atoms with van der Waals surface area (Å²) in [6.45, 7) is 7.04. The Labute approximate surface area is 164 Å². The van der Waals surface area contributed by atoms with Gasteiger partial charge in [0, 0.05) is 45.7 Å². The van der Waals surface area contributed by atoms with Crippen LogP contribution >= 0.6 is 0 Å². The Balaban J connectivity index is 1.63. The highest BCUT2D eigenvalue weighted by Gasteiger charge is 2.41. The van der Waals surface area contributed by atoms with Crippen molar-refractivity contribution < 1.29 is 13.2 Å². The maximum absolute atomic E-state index is 12.9. The summed E-state index contributed by atoms with van der Waals surface area (Å²) in [5.74, 6) is 2.62. The highest BCUT2D eigenvalue weighted by atomic mass is 19.4. The van der Waals surface area contributed by atoms with Gasteiger partial charge in [-0.2, -0.15) is 13.2 Å². The molecule has 28 heavy (non-hydrogen) atoms. The van der Waals surface area contributed by atoms with Gasteiger partial charge in [-0.3, -0.25) is 4.90 Å². The van der Waals surface area contributed by atoms with Crippen LogP contribution in [0.1, 0.15) is 44.8 Å². The van der Waals surface area contributed by atoms with Crippen LogP contribution in [0.15, 0.2) is 4.99 Å². The molecule has 0 saturated carbocycles. The van der Waals surface area contributed by atoms with Crippen LogP contribution in [0.2, 0.25) is 0 Å². The minimum Gasteiger partial charge on any atom is -0.357 e. The van der Waals surface area contributed by atoms with Gasteiger partial charge in [-0.1, -0.05) is 6.42 Å². The maximum atomic E-state index is 12.9. The minimum absolute atomic E-state index is 0.366. The summed E-state index contributed by atoms with van der Waals surface area (Å²) in [7, 11) is 0. The molecule has 1 unspecified atom stereocenters. The van der Waals surface area contributed by atoms with Gasteiger partial charge in [-0.05, 0) is 26.7 Å². The second-order valence-corrected chi connectivity index (χ2v) is 7.41. The molecule has 0 aliphatic carbocycles. The third-order valence-electron chi connectivity index (χ3n) is 5.53. The highest BCUT2D eigenvalue weighted by molar-refractivity contribution is 5.80. The van der Waals surface area contributed by atoms with E-state index in [0.717, 1.165) is 43.4 Å². The molecule has 0 radical (unpaired) electrons. The van der Waals surface area contributed by atoms with Crippen LogP contribution in [0.25, 0.3) is 0 Å². The van der Waals surface area contributed by atoms with Gasteiger partial charge in [-0.15, -0.1) is 10.2 Å². The predicted octanol–water partition coefficient (Wildman–Crippen LogP) is 2.04. The first-order valence-corrected chi connectivity index (χ1v) is 10.1. The van der Waals surface area contributed by atoms with Crippen molar-refractivity contribution >= 4 is 5.96 Å². The standard InChI is InChI=1S/C18H30F3N7/c1-3-22-17(27-11-9-26(10-12-27)14(2)18(19,20)21)23-13-16-25-24-15-7-5-4-6-8-28(15)16/h14H,3-13H2,1-2H3,(H,22,23). The van der Waals surface area contributed by atoms with Crippen LogP contribution in [-0.2, 0) is 19.5 Å². The lowest BCUT2D eigenvalue weighted by molar-refractivity contribution is -0.181. The van der Waals surface area contributed by atoms with Crippen molar-refractivity contribution in [1.29, 1.82) is 0 Å². The van der Waals surface area contributed by atoms with Gasteiger partial charge in [0.1, 0.15) is 18.4 Å². The molecule has 1 atom stereocenters. The molecule has 2 aliphatic heterocycles. The van der Waals surface area contributed by atoms with Crippen molar-refractivity contribution in [2.24, 2.45) is 4.99 Å². The Bertz CT molecular complexity index is 663. The monoisotopic (exact) mass is 401 g/mol. The zero-order chi connectivity index (χ0) is 20.1. The molecule has 3 heterocycles. The van der Waals surface area contributed by atoms with Gasteiger partial charge in [-0.25, -0.2) is 4.99 Å². The number of rotatable bonds is 4. The number of aryl methyl sites for hydroxylation is 1. The summed E-state index contributed by atoms with van der Waals surface area (Å²) >= 11 is 0. The summed E-state index contributed by atoms with van der Waals surface area (Å²) in [4.78, 5) is 8.22. The number of alkyl halides is 3. The van der Waals surface area contributed by atoms with Gasteiger partial charge in [0.2, 0.25) is 0 Å². The third-order valence-corrected chi connectivity index (χ3v) is 5.53. The average molecular weight is 401 g/mol. The van der Waals surface area contributed by atoms with E-state index >= 15 is 0 Å². The summed E-state index contributed by atoms with van der Waals surface area (Å²) in [6.07, 6.45) is 0.240. The second-order valence-electron chi connectivity index (χ2n) is 7.41. The Morgan fingerprint density at radius 3 is 2.54 bits per heavy atom. The number of aromatic nitrogens is 3. The SMILES string of the molecule is CCNC(=NCc1nnc2n1CCCCC2)N1CCN(C(C)C(F)(F)F)CC1. The first-order valence-electron chi connectivity index (χ1n) is 10.1. The summed E-state index contributed by atoms with van der Waals surface area (Å²) < 4.78 is 41.0. The lowest BCUT2D eigenvalue weighted by Crippen LogP contribution is -2.56. The van der Waals surface area contributed by atoms with Crippen LogP contribution in [-0.4, -0.2) is 75.5 Å². The fraction of sp³-hybridized carbons (Fsp3) is 0.833. The Hall–Kier alpha value is -1.84. The molecule has 1 fully saturated rings. The number of fused-ring (bicyclic) bond motifs is 1. The predicted molar refractivity (Wildman–Crippen MR) is 101 cm³/mol. The van der Waals surface area contributed by atoms with Crippen LogP contribution in [0.3, 0.4) is 0 Å². The molecular weight excluding hydrogens is 371 g/mol. The Morgan fingerprint density at radius 1 is 1.11 bits per heavy atom.